The van der Waals surface area contributed by atoms with Crippen LogP contribution in [0.25, 0.3) is 11.2 Å². The van der Waals surface area contributed by atoms with E-state index in [1.807, 2.05) is 19.9 Å². The van der Waals surface area contributed by atoms with Crippen LogP contribution in [0.2, 0.25) is 0 Å². The third-order valence-electron chi connectivity index (χ3n) is 5.03. The lowest BCUT2D eigenvalue weighted by molar-refractivity contribution is -0.0355. The van der Waals surface area contributed by atoms with Gasteiger partial charge in [0, 0.05) is 11.5 Å². The molecule has 0 radical (unpaired) electrons. The largest absolute Gasteiger partial charge is 0.388 e. The van der Waals surface area contributed by atoms with Crippen LogP contribution in [0.4, 0.5) is 5.82 Å². The van der Waals surface area contributed by atoms with Crippen LogP contribution < -0.4 is 5.32 Å². The van der Waals surface area contributed by atoms with Crippen LogP contribution in [-0.4, -0.2) is 42.7 Å². The molecule has 0 saturated carbocycles. The second-order valence-corrected chi connectivity index (χ2v) is 6.69. The number of aromatic nitrogens is 4. The first kappa shape index (κ1) is 17.6. The topological polar surface area (TPSA) is 102 Å². The molecule has 1 unspecified atom stereocenters. The minimum atomic E-state index is -0.662. The molecule has 0 bridgehead atoms. The van der Waals surface area contributed by atoms with E-state index in [4.69, 9.17) is 4.74 Å². The number of nitrogens with one attached hydrogen (secondary N) is 1. The van der Waals surface area contributed by atoms with Gasteiger partial charge in [-0.25, -0.2) is 15.0 Å². The van der Waals surface area contributed by atoms with Crippen molar-refractivity contribution in [1.29, 1.82) is 0 Å². The zero-order chi connectivity index (χ0) is 19.0. The van der Waals surface area contributed by atoms with Gasteiger partial charge >= 0.3 is 0 Å². The number of rotatable bonds is 4. The van der Waals surface area contributed by atoms with Gasteiger partial charge in [0.15, 0.2) is 23.2 Å². The van der Waals surface area contributed by atoms with Gasteiger partial charge in [-0.1, -0.05) is 32.0 Å². The number of carbonyl (C=O) groups is 1. The van der Waals surface area contributed by atoms with E-state index < -0.39 is 12.3 Å². The van der Waals surface area contributed by atoms with Gasteiger partial charge in [-0.3, -0.25) is 9.36 Å². The summed E-state index contributed by atoms with van der Waals surface area (Å²) in [7, 11) is 0. The Labute approximate surface area is 156 Å². The Morgan fingerprint density at radius 1 is 1.26 bits per heavy atom. The molecule has 1 fully saturated rings. The van der Waals surface area contributed by atoms with Crippen molar-refractivity contribution >= 4 is 22.9 Å². The van der Waals surface area contributed by atoms with E-state index >= 15 is 0 Å². The number of aliphatic hydroxyl groups is 1. The monoisotopic (exact) mass is 367 g/mol. The van der Waals surface area contributed by atoms with Crippen LogP contribution >= 0.6 is 0 Å². The second kappa shape index (κ2) is 7.05. The Kier molecular flexibility index (Phi) is 4.59. The Hall–Kier alpha value is -2.84. The van der Waals surface area contributed by atoms with Gasteiger partial charge in [-0.05, 0) is 18.6 Å². The molecule has 8 heteroatoms. The standard InChI is InChI=1S/C19H21N5O3/c1-3-13-11(2)15(25)19(27-13)24-10-22-14-16(20-9-21-17(14)24)23-18(26)12-7-5-4-6-8-12/h4-11,13,15,19,25H,3H2,1-2H3,(H,20,21,23,26)/t11?,13-,15+,19-/m1/s1. The summed E-state index contributed by atoms with van der Waals surface area (Å²) in [6, 6.07) is 8.88. The molecule has 2 aromatic heterocycles. The van der Waals surface area contributed by atoms with Gasteiger partial charge < -0.3 is 15.2 Å². The number of imidazole rings is 1. The molecule has 3 heterocycles. The first-order valence-electron chi connectivity index (χ1n) is 8.97. The Balaban J connectivity index is 1.65. The average molecular weight is 367 g/mol. The third-order valence-corrected chi connectivity index (χ3v) is 5.03. The summed E-state index contributed by atoms with van der Waals surface area (Å²) in [6.45, 7) is 4.00. The maximum Gasteiger partial charge on any atom is 0.256 e. The molecule has 0 aliphatic carbocycles. The number of ether oxygens (including phenoxy) is 1. The van der Waals surface area contributed by atoms with Gasteiger partial charge in [0.25, 0.3) is 5.91 Å². The Morgan fingerprint density at radius 3 is 2.74 bits per heavy atom. The molecule has 3 aromatic rings. The van der Waals surface area contributed by atoms with E-state index in [1.165, 1.54) is 6.33 Å². The molecule has 1 aliphatic heterocycles. The number of amides is 1. The molecule has 4 atom stereocenters. The highest BCUT2D eigenvalue weighted by Gasteiger charge is 2.41. The van der Waals surface area contributed by atoms with Crippen LogP contribution in [0.5, 0.6) is 0 Å². The molecular formula is C19H21N5O3. The van der Waals surface area contributed by atoms with Crippen molar-refractivity contribution in [3.05, 3.63) is 48.5 Å². The summed E-state index contributed by atoms with van der Waals surface area (Å²) >= 11 is 0. The molecule has 1 aromatic carbocycles. The smallest absolute Gasteiger partial charge is 0.256 e. The number of hydrogen-bond acceptors (Lipinski definition) is 6. The predicted octanol–water partition coefficient (Wildman–Crippen LogP) is 2.38. The highest BCUT2D eigenvalue weighted by Crippen LogP contribution is 2.36. The fourth-order valence-corrected chi connectivity index (χ4v) is 3.46. The summed E-state index contributed by atoms with van der Waals surface area (Å²) in [6.07, 6.45) is 2.49. The lowest BCUT2D eigenvalue weighted by Crippen LogP contribution is -2.24. The summed E-state index contributed by atoms with van der Waals surface area (Å²) in [5.41, 5.74) is 1.48. The Morgan fingerprint density at radius 2 is 2.04 bits per heavy atom. The first-order valence-corrected chi connectivity index (χ1v) is 8.97. The molecule has 140 valence electrons. The lowest BCUT2D eigenvalue weighted by Gasteiger charge is -2.17. The maximum absolute atomic E-state index is 12.4. The number of fused-ring (bicyclic) bond motifs is 1. The molecule has 1 aliphatic rings. The highest BCUT2D eigenvalue weighted by molar-refractivity contribution is 6.06. The number of nitrogens with zero attached hydrogens (tertiary/aromatic N) is 4. The molecule has 8 nitrogen and oxygen atoms in total. The summed E-state index contributed by atoms with van der Waals surface area (Å²) in [5.74, 6) is 0.0543. The highest BCUT2D eigenvalue weighted by atomic mass is 16.5. The molecule has 0 spiro atoms. The van der Waals surface area contributed by atoms with Crippen molar-refractivity contribution in [3.63, 3.8) is 0 Å². The van der Waals surface area contributed by atoms with Crippen molar-refractivity contribution in [2.75, 3.05) is 5.32 Å². The number of benzene rings is 1. The quantitative estimate of drug-likeness (QED) is 0.734. The normalized spacial score (nSPS) is 25.0. The van der Waals surface area contributed by atoms with Crippen LogP contribution in [0.3, 0.4) is 0 Å². The van der Waals surface area contributed by atoms with Gasteiger partial charge in [-0.2, -0.15) is 0 Å². The van der Waals surface area contributed by atoms with Crippen LogP contribution in [-0.2, 0) is 4.74 Å². The van der Waals surface area contributed by atoms with Crippen molar-refractivity contribution < 1.29 is 14.6 Å². The van der Waals surface area contributed by atoms with Crippen LogP contribution in [0.1, 0.15) is 36.9 Å². The maximum atomic E-state index is 12.4. The summed E-state index contributed by atoms with van der Waals surface area (Å²) < 4.78 is 7.70. The average Bonchev–Trinajstić information content (AvgIpc) is 3.25. The van der Waals surface area contributed by atoms with Crippen molar-refractivity contribution in [1.82, 2.24) is 19.5 Å². The van der Waals surface area contributed by atoms with E-state index in [1.54, 1.807) is 35.2 Å². The number of hydrogen-bond donors (Lipinski definition) is 2. The molecule has 2 N–H and O–H groups in total. The first-order chi connectivity index (χ1) is 13.1. The van der Waals surface area contributed by atoms with Crippen LogP contribution in [0.15, 0.2) is 43.0 Å². The second-order valence-electron chi connectivity index (χ2n) is 6.69. The van der Waals surface area contributed by atoms with Gasteiger partial charge in [0.1, 0.15) is 12.4 Å². The van der Waals surface area contributed by atoms with E-state index in [2.05, 4.69) is 20.3 Å². The minimum Gasteiger partial charge on any atom is -0.388 e. The molecule has 1 amide bonds. The predicted molar refractivity (Wildman–Crippen MR) is 99.1 cm³/mol. The van der Waals surface area contributed by atoms with Gasteiger partial charge in [0.05, 0.1) is 12.4 Å². The van der Waals surface area contributed by atoms with Crippen LogP contribution in [0, 0.1) is 5.92 Å². The van der Waals surface area contributed by atoms with Crippen molar-refractivity contribution in [2.24, 2.45) is 5.92 Å². The summed E-state index contributed by atoms with van der Waals surface area (Å²) in [5, 5.41) is 13.3. The minimum absolute atomic E-state index is 0.0107. The molecule has 27 heavy (non-hydrogen) atoms. The summed E-state index contributed by atoms with van der Waals surface area (Å²) in [4.78, 5) is 25.2. The zero-order valence-corrected chi connectivity index (χ0v) is 15.1. The fraction of sp³-hybridized carbons (Fsp3) is 0.368. The SMILES string of the molecule is CC[C@H]1O[C@@H](n2cnc3c(NC(=O)c4ccccc4)ncnc32)[C@@H](O)C1C. The van der Waals surface area contributed by atoms with E-state index in [0.29, 0.717) is 22.5 Å². The lowest BCUT2D eigenvalue weighted by atomic mass is 9.99. The number of anilines is 1. The van der Waals surface area contributed by atoms with E-state index in [9.17, 15) is 9.90 Å². The van der Waals surface area contributed by atoms with E-state index in [0.717, 1.165) is 6.42 Å². The zero-order valence-electron chi connectivity index (χ0n) is 15.1. The van der Waals surface area contributed by atoms with Crippen molar-refractivity contribution in [3.8, 4) is 0 Å². The molecule has 4 rings (SSSR count). The van der Waals surface area contributed by atoms with E-state index in [-0.39, 0.29) is 17.9 Å². The van der Waals surface area contributed by atoms with Gasteiger partial charge in [-0.15, -0.1) is 0 Å². The number of aliphatic hydroxyl groups excluding tert-OH is 1. The molecular weight excluding hydrogens is 346 g/mol. The molecule has 1 saturated heterocycles. The van der Waals surface area contributed by atoms with Gasteiger partial charge in [0.2, 0.25) is 0 Å². The third kappa shape index (κ3) is 3.07. The number of carbonyl (C=O) groups excluding carboxylic acids is 1. The van der Waals surface area contributed by atoms with Crippen molar-refractivity contribution in [2.45, 2.75) is 38.7 Å². The Bertz CT molecular complexity index is 958. The fourth-order valence-electron chi connectivity index (χ4n) is 3.46.